The summed E-state index contributed by atoms with van der Waals surface area (Å²) in [5.74, 6) is -0.0332. The highest BCUT2D eigenvalue weighted by Crippen LogP contribution is 2.60. The zero-order chi connectivity index (χ0) is 18.1. The predicted molar refractivity (Wildman–Crippen MR) is 92.5 cm³/mol. The summed E-state index contributed by atoms with van der Waals surface area (Å²) in [7, 11) is 0. The minimum atomic E-state index is -0.920. The molecule has 0 saturated heterocycles. The van der Waals surface area contributed by atoms with Gasteiger partial charge in [0.15, 0.2) is 0 Å². The van der Waals surface area contributed by atoms with E-state index in [1.54, 1.807) is 0 Å². The molecule has 0 unspecified atom stereocenters. The van der Waals surface area contributed by atoms with E-state index in [1.807, 2.05) is 6.92 Å². The maximum atomic E-state index is 12.4. The van der Waals surface area contributed by atoms with Gasteiger partial charge in [-0.3, -0.25) is 4.79 Å². The molecule has 1 N–H and O–H groups in total. The summed E-state index contributed by atoms with van der Waals surface area (Å²) in [5, 5.41) is 8.88. The number of carboxylic acid groups (broad SMARTS) is 1. The van der Waals surface area contributed by atoms with Crippen LogP contribution in [-0.4, -0.2) is 23.1 Å². The zero-order valence-electron chi connectivity index (χ0n) is 15.3. The van der Waals surface area contributed by atoms with E-state index in [1.165, 1.54) is 6.08 Å². The lowest BCUT2D eigenvalue weighted by Gasteiger charge is -2.58. The molecule has 0 radical (unpaired) electrons. The SMILES string of the molecule is C/C(=C/C(=O)O)CC[C@@H]1[C@@H](C=O)CC[C@@H]2C(C)(C)C(=O)CC[C@@]12C. The standard InChI is InChI=1S/C20H30O4/c1-13(11-18(23)24)5-7-15-14(12-21)6-8-16-19(2,3)17(22)9-10-20(15,16)4/h11-12,14-16H,5-10H2,1-4H3,(H,23,24)/b13-11-/t14-,15-,16-,20+/m1/s1. The number of carbonyl (C=O) groups is 3. The largest absolute Gasteiger partial charge is 0.478 e. The summed E-state index contributed by atoms with van der Waals surface area (Å²) in [6.45, 7) is 8.21. The third-order valence-electron chi connectivity index (χ3n) is 6.82. The van der Waals surface area contributed by atoms with Crippen molar-refractivity contribution < 1.29 is 19.5 Å². The molecule has 0 aromatic heterocycles. The maximum absolute atomic E-state index is 12.4. The Kier molecular flexibility index (Phi) is 5.36. The Bertz CT molecular complexity index is 560. The lowest BCUT2D eigenvalue weighted by atomic mass is 9.45. The van der Waals surface area contributed by atoms with Crippen molar-refractivity contribution in [2.75, 3.05) is 0 Å². The normalized spacial score (nSPS) is 36.1. The van der Waals surface area contributed by atoms with E-state index < -0.39 is 5.97 Å². The average Bonchev–Trinajstić information content (AvgIpc) is 2.48. The fourth-order valence-electron chi connectivity index (χ4n) is 5.45. The summed E-state index contributed by atoms with van der Waals surface area (Å²) in [6.07, 6.45) is 7.06. The summed E-state index contributed by atoms with van der Waals surface area (Å²) in [4.78, 5) is 34.9. The molecule has 24 heavy (non-hydrogen) atoms. The first-order valence-corrected chi connectivity index (χ1v) is 9.01. The maximum Gasteiger partial charge on any atom is 0.328 e. The van der Waals surface area contributed by atoms with Crippen molar-refractivity contribution in [3.63, 3.8) is 0 Å². The molecule has 2 fully saturated rings. The fraction of sp³-hybridized carbons (Fsp3) is 0.750. The number of hydrogen-bond acceptors (Lipinski definition) is 3. The second-order valence-electron chi connectivity index (χ2n) is 8.55. The number of allylic oxidation sites excluding steroid dienone is 1. The van der Waals surface area contributed by atoms with Gasteiger partial charge in [0.05, 0.1) is 0 Å². The molecule has 2 rings (SSSR count). The molecule has 134 valence electrons. The monoisotopic (exact) mass is 334 g/mol. The molecule has 0 aromatic carbocycles. The highest BCUT2D eigenvalue weighted by atomic mass is 16.4. The molecule has 2 aliphatic carbocycles. The summed E-state index contributed by atoms with van der Waals surface area (Å²) < 4.78 is 0. The smallest absolute Gasteiger partial charge is 0.328 e. The van der Waals surface area contributed by atoms with E-state index >= 15 is 0 Å². The zero-order valence-corrected chi connectivity index (χ0v) is 15.3. The number of aliphatic carboxylic acids is 1. The van der Waals surface area contributed by atoms with Crippen LogP contribution in [0.3, 0.4) is 0 Å². The van der Waals surface area contributed by atoms with Gasteiger partial charge in [-0.2, -0.15) is 0 Å². The second kappa shape index (κ2) is 6.81. The molecule has 0 heterocycles. The van der Waals surface area contributed by atoms with E-state index in [4.69, 9.17) is 5.11 Å². The number of ketones is 1. The van der Waals surface area contributed by atoms with E-state index in [9.17, 15) is 14.4 Å². The van der Waals surface area contributed by atoms with Crippen molar-refractivity contribution in [3.05, 3.63) is 11.6 Å². The van der Waals surface area contributed by atoms with Crippen molar-refractivity contribution >= 4 is 18.0 Å². The molecule has 2 saturated carbocycles. The summed E-state index contributed by atoms with van der Waals surface area (Å²) in [5.41, 5.74) is 0.486. The van der Waals surface area contributed by atoms with Crippen LogP contribution in [0.4, 0.5) is 0 Å². The number of Topliss-reactive ketones (excluding diaryl/α,β-unsaturated/α-hetero) is 1. The molecule has 0 aliphatic heterocycles. The van der Waals surface area contributed by atoms with E-state index in [0.717, 1.165) is 37.5 Å². The van der Waals surface area contributed by atoms with Crippen LogP contribution < -0.4 is 0 Å². The van der Waals surface area contributed by atoms with Crippen LogP contribution in [0.2, 0.25) is 0 Å². The van der Waals surface area contributed by atoms with Crippen molar-refractivity contribution in [1.29, 1.82) is 0 Å². The number of rotatable bonds is 5. The second-order valence-corrected chi connectivity index (χ2v) is 8.55. The molecule has 4 atom stereocenters. The summed E-state index contributed by atoms with van der Waals surface area (Å²) >= 11 is 0. The molecule has 0 bridgehead atoms. The molecule has 0 spiro atoms. The number of aldehydes is 1. The van der Waals surface area contributed by atoms with Gasteiger partial charge in [0.1, 0.15) is 12.1 Å². The fourth-order valence-corrected chi connectivity index (χ4v) is 5.45. The van der Waals surface area contributed by atoms with Gasteiger partial charge in [0, 0.05) is 23.8 Å². The minimum Gasteiger partial charge on any atom is -0.478 e. The van der Waals surface area contributed by atoms with Crippen LogP contribution >= 0.6 is 0 Å². The van der Waals surface area contributed by atoms with Gasteiger partial charge >= 0.3 is 5.97 Å². The van der Waals surface area contributed by atoms with Gasteiger partial charge in [-0.15, -0.1) is 0 Å². The Morgan fingerprint density at radius 3 is 2.54 bits per heavy atom. The summed E-state index contributed by atoms with van der Waals surface area (Å²) in [6, 6.07) is 0. The molecule has 2 aliphatic rings. The minimum absolute atomic E-state index is 0.0212. The van der Waals surface area contributed by atoms with Gasteiger partial charge in [-0.25, -0.2) is 4.79 Å². The van der Waals surface area contributed by atoms with Crippen LogP contribution in [0.25, 0.3) is 0 Å². The Balaban J connectivity index is 2.26. The Hall–Kier alpha value is -1.45. The number of hydrogen-bond donors (Lipinski definition) is 1. The van der Waals surface area contributed by atoms with Gasteiger partial charge in [-0.05, 0) is 56.3 Å². The van der Waals surface area contributed by atoms with Crippen LogP contribution in [0, 0.1) is 28.6 Å². The first kappa shape index (κ1) is 18.9. The third-order valence-corrected chi connectivity index (χ3v) is 6.82. The van der Waals surface area contributed by atoms with Crippen LogP contribution in [0.1, 0.15) is 66.2 Å². The third kappa shape index (κ3) is 3.33. The quantitative estimate of drug-likeness (QED) is 0.608. The van der Waals surface area contributed by atoms with Crippen molar-refractivity contribution in [2.24, 2.45) is 28.6 Å². The van der Waals surface area contributed by atoms with E-state index in [0.29, 0.717) is 24.5 Å². The van der Waals surface area contributed by atoms with Crippen LogP contribution in [-0.2, 0) is 14.4 Å². The molecular formula is C20H30O4. The molecular weight excluding hydrogens is 304 g/mol. The van der Waals surface area contributed by atoms with Crippen molar-refractivity contribution in [3.8, 4) is 0 Å². The van der Waals surface area contributed by atoms with Crippen molar-refractivity contribution in [1.82, 2.24) is 0 Å². The topological polar surface area (TPSA) is 71.4 Å². The first-order valence-electron chi connectivity index (χ1n) is 9.01. The van der Waals surface area contributed by atoms with Crippen LogP contribution in [0.15, 0.2) is 11.6 Å². The Labute approximate surface area is 144 Å². The number of carboxylic acids is 1. The van der Waals surface area contributed by atoms with E-state index in [-0.39, 0.29) is 22.7 Å². The number of carbonyl (C=O) groups excluding carboxylic acids is 2. The van der Waals surface area contributed by atoms with Gasteiger partial charge in [-0.1, -0.05) is 26.3 Å². The number of fused-ring (bicyclic) bond motifs is 1. The first-order chi connectivity index (χ1) is 11.1. The molecule has 0 amide bonds. The van der Waals surface area contributed by atoms with Crippen LogP contribution in [0.5, 0.6) is 0 Å². The van der Waals surface area contributed by atoms with Gasteiger partial charge < -0.3 is 9.90 Å². The lowest BCUT2D eigenvalue weighted by molar-refractivity contribution is -0.153. The molecule has 0 aromatic rings. The predicted octanol–water partition coefficient (Wildman–Crippen LogP) is 4.03. The average molecular weight is 334 g/mol. The van der Waals surface area contributed by atoms with Gasteiger partial charge in [0.25, 0.3) is 0 Å². The van der Waals surface area contributed by atoms with Gasteiger partial charge in [0.2, 0.25) is 0 Å². The van der Waals surface area contributed by atoms with E-state index in [2.05, 4.69) is 20.8 Å². The molecule has 4 heteroatoms. The molecule has 4 nitrogen and oxygen atoms in total. The Morgan fingerprint density at radius 1 is 1.29 bits per heavy atom. The van der Waals surface area contributed by atoms with Crippen molar-refractivity contribution in [2.45, 2.75) is 66.2 Å². The highest BCUT2D eigenvalue weighted by Gasteiger charge is 2.57. The highest BCUT2D eigenvalue weighted by molar-refractivity contribution is 5.85. The lowest BCUT2D eigenvalue weighted by Crippen LogP contribution is -2.55. The Morgan fingerprint density at radius 2 is 1.96 bits per heavy atom.